The van der Waals surface area contributed by atoms with Crippen LogP contribution in [0.1, 0.15) is 24.2 Å². The number of benzene rings is 2. The highest BCUT2D eigenvalue weighted by Gasteiger charge is 2.21. The van der Waals surface area contributed by atoms with Crippen LogP contribution in [0.25, 0.3) is 0 Å². The summed E-state index contributed by atoms with van der Waals surface area (Å²) in [6, 6.07) is 12.6. The van der Waals surface area contributed by atoms with Crippen molar-refractivity contribution >= 4 is 50.5 Å². The van der Waals surface area contributed by atoms with Gasteiger partial charge in [0.25, 0.3) is 5.91 Å². The lowest BCUT2D eigenvalue weighted by Crippen LogP contribution is -2.34. The number of hydrogen-bond acceptors (Lipinski definition) is 4. The van der Waals surface area contributed by atoms with Crippen molar-refractivity contribution in [1.82, 2.24) is 9.62 Å². The van der Waals surface area contributed by atoms with E-state index in [0.29, 0.717) is 29.4 Å². The summed E-state index contributed by atoms with van der Waals surface area (Å²) >= 11 is 10.9. The van der Waals surface area contributed by atoms with Crippen molar-refractivity contribution < 1.29 is 13.2 Å². The van der Waals surface area contributed by atoms with Crippen molar-refractivity contribution in [3.05, 3.63) is 59.1 Å². The molecule has 0 unspecified atom stereocenters. The summed E-state index contributed by atoms with van der Waals surface area (Å²) in [4.78, 5) is 12.3. The van der Waals surface area contributed by atoms with E-state index < -0.39 is 10.0 Å². The third-order valence-electron chi connectivity index (χ3n) is 3.79. The maximum Gasteiger partial charge on any atom is 0.257 e. The number of nitrogens with zero attached hydrogens (tertiary/aromatic N) is 1. The van der Waals surface area contributed by atoms with Gasteiger partial charge in [-0.15, -0.1) is 0 Å². The molecule has 9 heteroatoms. The minimum atomic E-state index is -3.51. The first kappa shape index (κ1) is 21.3. The van der Waals surface area contributed by atoms with Crippen LogP contribution in [0, 0.1) is 0 Å². The highest BCUT2D eigenvalue weighted by Crippen LogP contribution is 2.18. The average Bonchev–Trinajstić information content (AvgIpc) is 2.63. The van der Waals surface area contributed by atoms with Crippen LogP contribution in [-0.4, -0.2) is 36.8 Å². The molecule has 2 rings (SSSR count). The molecule has 2 aromatic carbocycles. The number of carbonyl (C=O) groups is 1. The van der Waals surface area contributed by atoms with Crippen LogP contribution in [0.3, 0.4) is 0 Å². The van der Waals surface area contributed by atoms with E-state index >= 15 is 0 Å². The lowest BCUT2D eigenvalue weighted by atomic mass is 10.2. The molecule has 2 aromatic rings. The molecule has 0 radical (unpaired) electrons. The Kier molecular flexibility index (Phi) is 7.32. The summed E-state index contributed by atoms with van der Waals surface area (Å²) in [5.74, 6) is -0.370. The number of thiocarbonyl (C=S) groups is 1. The topological polar surface area (TPSA) is 78.5 Å². The second-order valence-electron chi connectivity index (χ2n) is 5.53. The fourth-order valence-corrected chi connectivity index (χ4v) is 4.16. The Morgan fingerprint density at radius 1 is 1.04 bits per heavy atom. The van der Waals surface area contributed by atoms with Gasteiger partial charge in [0.15, 0.2) is 5.11 Å². The highest BCUT2D eigenvalue weighted by atomic mass is 35.5. The van der Waals surface area contributed by atoms with Gasteiger partial charge in [0.05, 0.1) is 4.90 Å². The Morgan fingerprint density at radius 2 is 1.59 bits per heavy atom. The average molecular weight is 426 g/mol. The van der Waals surface area contributed by atoms with Gasteiger partial charge in [0, 0.05) is 29.4 Å². The standard InChI is InChI=1S/C18H20ClN3O3S2/c1-3-22(4-2)27(24,25)16-11-9-15(10-12-16)20-18(26)21-17(23)13-5-7-14(19)8-6-13/h5-12H,3-4H2,1-2H3,(H2,20,21,23,26). The molecule has 0 aliphatic heterocycles. The van der Waals surface area contributed by atoms with Crippen LogP contribution in [0.4, 0.5) is 5.69 Å². The fourth-order valence-electron chi connectivity index (χ4n) is 2.36. The van der Waals surface area contributed by atoms with Gasteiger partial charge in [0.2, 0.25) is 10.0 Å². The minimum absolute atomic E-state index is 0.106. The minimum Gasteiger partial charge on any atom is -0.332 e. The monoisotopic (exact) mass is 425 g/mol. The van der Waals surface area contributed by atoms with E-state index in [-0.39, 0.29) is 15.9 Å². The lowest BCUT2D eigenvalue weighted by molar-refractivity contribution is 0.0977. The van der Waals surface area contributed by atoms with Gasteiger partial charge in [-0.05, 0) is 60.7 Å². The largest absolute Gasteiger partial charge is 0.332 e. The van der Waals surface area contributed by atoms with Crippen LogP contribution >= 0.6 is 23.8 Å². The molecular formula is C18H20ClN3O3S2. The Hall–Kier alpha value is -2.00. The Labute approximate surface area is 169 Å². The number of hydrogen-bond donors (Lipinski definition) is 2. The van der Waals surface area contributed by atoms with E-state index in [4.69, 9.17) is 23.8 Å². The number of halogens is 1. The molecule has 0 atom stereocenters. The lowest BCUT2D eigenvalue weighted by Gasteiger charge is -2.18. The molecule has 27 heavy (non-hydrogen) atoms. The molecule has 1 amide bonds. The molecule has 0 bridgehead atoms. The Bertz CT molecular complexity index is 910. The maximum atomic E-state index is 12.5. The Morgan fingerprint density at radius 3 is 2.11 bits per heavy atom. The molecule has 0 aliphatic carbocycles. The molecule has 0 aromatic heterocycles. The van der Waals surface area contributed by atoms with Crippen LogP contribution in [0.5, 0.6) is 0 Å². The SMILES string of the molecule is CCN(CC)S(=O)(=O)c1ccc(NC(=S)NC(=O)c2ccc(Cl)cc2)cc1. The van der Waals surface area contributed by atoms with Gasteiger partial charge in [-0.25, -0.2) is 8.42 Å². The second kappa shape index (κ2) is 9.27. The van der Waals surface area contributed by atoms with Crippen molar-refractivity contribution in [3.63, 3.8) is 0 Å². The normalized spacial score (nSPS) is 11.3. The van der Waals surface area contributed by atoms with Gasteiger partial charge in [-0.1, -0.05) is 25.4 Å². The van der Waals surface area contributed by atoms with Gasteiger partial charge in [-0.3, -0.25) is 10.1 Å². The number of sulfonamides is 1. The van der Waals surface area contributed by atoms with Gasteiger partial charge >= 0.3 is 0 Å². The summed E-state index contributed by atoms with van der Waals surface area (Å²) in [5, 5.41) is 6.05. The first-order valence-corrected chi connectivity index (χ1v) is 10.5. The van der Waals surface area contributed by atoms with E-state index in [1.807, 2.05) is 0 Å². The van der Waals surface area contributed by atoms with Gasteiger partial charge in [-0.2, -0.15) is 4.31 Å². The van der Waals surface area contributed by atoms with E-state index in [2.05, 4.69) is 10.6 Å². The van der Waals surface area contributed by atoms with Gasteiger partial charge in [0.1, 0.15) is 0 Å². The smallest absolute Gasteiger partial charge is 0.257 e. The van der Waals surface area contributed by atoms with Crippen LogP contribution in [0.2, 0.25) is 5.02 Å². The fraction of sp³-hybridized carbons (Fsp3) is 0.222. The van der Waals surface area contributed by atoms with Crippen molar-refractivity contribution in [3.8, 4) is 0 Å². The number of rotatable bonds is 6. The zero-order valence-electron chi connectivity index (χ0n) is 14.9. The quantitative estimate of drug-likeness (QED) is 0.692. The molecule has 2 N–H and O–H groups in total. The van der Waals surface area contributed by atoms with Crippen molar-refractivity contribution in [2.45, 2.75) is 18.7 Å². The second-order valence-corrected chi connectivity index (χ2v) is 8.31. The van der Waals surface area contributed by atoms with E-state index in [1.54, 1.807) is 50.2 Å². The van der Waals surface area contributed by atoms with Crippen molar-refractivity contribution in [1.29, 1.82) is 0 Å². The van der Waals surface area contributed by atoms with Crippen LogP contribution < -0.4 is 10.6 Å². The molecule has 0 heterocycles. The van der Waals surface area contributed by atoms with E-state index in [9.17, 15) is 13.2 Å². The van der Waals surface area contributed by atoms with Crippen LogP contribution in [-0.2, 0) is 10.0 Å². The molecule has 0 saturated carbocycles. The molecular weight excluding hydrogens is 406 g/mol. The molecule has 0 aliphatic rings. The summed E-state index contributed by atoms with van der Waals surface area (Å²) in [5.41, 5.74) is 0.985. The third-order valence-corrected chi connectivity index (χ3v) is 6.31. The first-order valence-electron chi connectivity index (χ1n) is 8.26. The van der Waals surface area contributed by atoms with Crippen molar-refractivity contribution in [2.75, 3.05) is 18.4 Å². The van der Waals surface area contributed by atoms with Gasteiger partial charge < -0.3 is 5.32 Å². The zero-order chi connectivity index (χ0) is 20.0. The summed E-state index contributed by atoms with van der Waals surface area (Å²) in [6.45, 7) is 4.39. The Balaban J connectivity index is 2.02. The number of carbonyl (C=O) groups excluding carboxylic acids is 1. The molecule has 0 spiro atoms. The molecule has 144 valence electrons. The molecule has 0 fully saturated rings. The molecule has 6 nitrogen and oxygen atoms in total. The van der Waals surface area contributed by atoms with E-state index in [0.717, 1.165) is 0 Å². The summed E-state index contributed by atoms with van der Waals surface area (Å²) in [6.07, 6.45) is 0. The highest BCUT2D eigenvalue weighted by molar-refractivity contribution is 7.89. The maximum absolute atomic E-state index is 12.5. The predicted molar refractivity (Wildman–Crippen MR) is 112 cm³/mol. The predicted octanol–water partition coefficient (Wildman–Crippen LogP) is 3.50. The number of nitrogens with one attached hydrogen (secondary N) is 2. The van der Waals surface area contributed by atoms with Crippen molar-refractivity contribution in [2.24, 2.45) is 0 Å². The summed E-state index contributed by atoms with van der Waals surface area (Å²) in [7, 11) is -3.51. The molecule has 0 saturated heterocycles. The first-order chi connectivity index (χ1) is 12.8. The van der Waals surface area contributed by atoms with Crippen LogP contribution in [0.15, 0.2) is 53.4 Å². The number of anilines is 1. The third kappa shape index (κ3) is 5.49. The van der Waals surface area contributed by atoms with E-state index in [1.165, 1.54) is 16.4 Å². The number of amides is 1. The zero-order valence-corrected chi connectivity index (χ0v) is 17.3. The summed E-state index contributed by atoms with van der Waals surface area (Å²) < 4.78 is 26.3.